The molecule has 2 rings (SSSR count). The molecule has 2 unspecified atom stereocenters. The minimum atomic E-state index is -1.07. The van der Waals surface area contributed by atoms with Crippen LogP contribution in [0.5, 0.6) is 0 Å². The van der Waals surface area contributed by atoms with Gasteiger partial charge >= 0.3 is 0 Å². The van der Waals surface area contributed by atoms with Crippen molar-refractivity contribution in [3.63, 3.8) is 0 Å². The molecule has 3 nitrogen and oxygen atoms in total. The number of hydrogen-bond donors (Lipinski definition) is 1. The number of hydrogen-bond acceptors (Lipinski definition) is 3. The maximum absolute atomic E-state index is 11.2. The Kier molecular flexibility index (Phi) is 4.99. The van der Waals surface area contributed by atoms with E-state index < -0.39 is 5.97 Å². The highest BCUT2D eigenvalue weighted by atomic mass is 35.5. The van der Waals surface area contributed by atoms with E-state index in [1.807, 2.05) is 12.1 Å². The Morgan fingerprint density at radius 3 is 2.58 bits per heavy atom. The topological polar surface area (TPSA) is 52.2 Å². The van der Waals surface area contributed by atoms with Gasteiger partial charge in [-0.25, -0.2) is 0 Å². The number of aromatic carboxylic acids is 1. The fraction of sp³-hybridized carbons (Fsp3) is 0.533. The molecule has 1 aromatic carbocycles. The zero-order valence-corrected chi connectivity index (χ0v) is 12.4. The first-order chi connectivity index (χ1) is 8.39. The number of carboxylic acids is 1. The van der Waals surface area contributed by atoms with Gasteiger partial charge in [0.25, 0.3) is 0 Å². The molecule has 0 saturated carbocycles. The first-order valence-electron chi connectivity index (χ1n) is 6.47. The standard InChI is InChI=1S/C15H21NO2.ClH/c1-10-8-11(9-15(2,3)16-10)12-6-4-5-7-13(12)14(17)18;/h4-7,10-11,16H,8-9H2,1-3H3,(H,17,18);1H/p-1. The summed E-state index contributed by atoms with van der Waals surface area (Å²) >= 11 is 0. The van der Waals surface area contributed by atoms with Gasteiger partial charge in [0.05, 0.1) is 5.97 Å². The van der Waals surface area contributed by atoms with E-state index in [0.717, 1.165) is 18.4 Å². The highest BCUT2D eigenvalue weighted by Gasteiger charge is 2.32. The molecule has 0 bridgehead atoms. The smallest absolute Gasteiger partial charge is 0.0718 e. The van der Waals surface area contributed by atoms with Crippen LogP contribution in [0.2, 0.25) is 0 Å². The number of piperidine rings is 1. The van der Waals surface area contributed by atoms with Gasteiger partial charge in [0.2, 0.25) is 0 Å². The molecule has 1 aliphatic heterocycles. The molecule has 1 aliphatic rings. The van der Waals surface area contributed by atoms with Gasteiger partial charge in [-0.15, -0.1) is 12.4 Å². The minimum Gasteiger partial charge on any atom is -0.545 e. The van der Waals surface area contributed by atoms with Gasteiger partial charge in [-0.2, -0.15) is 0 Å². The van der Waals surface area contributed by atoms with Crippen LogP contribution in [0.15, 0.2) is 24.3 Å². The SMILES string of the molecule is CC1CC(c2ccccc2C(=O)[O-])CC(C)(C)N1.Cl. The van der Waals surface area contributed by atoms with Crippen molar-refractivity contribution in [1.82, 2.24) is 5.32 Å². The van der Waals surface area contributed by atoms with Gasteiger partial charge in [-0.05, 0) is 45.1 Å². The lowest BCUT2D eigenvalue weighted by Gasteiger charge is -2.41. The summed E-state index contributed by atoms with van der Waals surface area (Å²) in [5.74, 6) is -0.792. The first kappa shape index (κ1) is 16.0. The number of carboxylic acid groups (broad SMARTS) is 1. The number of rotatable bonds is 2. The molecule has 4 heteroatoms. The summed E-state index contributed by atoms with van der Waals surface area (Å²) in [5.41, 5.74) is 1.30. The Labute approximate surface area is 120 Å². The number of benzene rings is 1. The molecule has 1 heterocycles. The molecule has 0 aromatic heterocycles. The summed E-state index contributed by atoms with van der Waals surface area (Å²) in [4.78, 5) is 11.2. The Morgan fingerprint density at radius 2 is 2.00 bits per heavy atom. The molecule has 0 spiro atoms. The average Bonchev–Trinajstić information content (AvgIpc) is 2.26. The molecule has 1 saturated heterocycles. The molecule has 0 aliphatic carbocycles. The molecule has 1 N–H and O–H groups in total. The highest BCUT2D eigenvalue weighted by Crippen LogP contribution is 2.36. The lowest BCUT2D eigenvalue weighted by Crippen LogP contribution is -2.50. The highest BCUT2D eigenvalue weighted by molar-refractivity contribution is 5.87. The summed E-state index contributed by atoms with van der Waals surface area (Å²) in [6.45, 7) is 6.48. The molecular formula is C15H21ClNO2-. The van der Waals surface area contributed by atoms with Crippen LogP contribution >= 0.6 is 12.4 Å². The maximum atomic E-state index is 11.2. The van der Waals surface area contributed by atoms with E-state index in [0.29, 0.717) is 11.6 Å². The van der Waals surface area contributed by atoms with Crippen LogP contribution in [0.25, 0.3) is 0 Å². The number of carbonyl (C=O) groups is 1. The maximum Gasteiger partial charge on any atom is 0.0718 e. The van der Waals surface area contributed by atoms with Crippen molar-refractivity contribution in [3.8, 4) is 0 Å². The zero-order chi connectivity index (χ0) is 13.3. The second-order valence-corrected chi connectivity index (χ2v) is 5.94. The third kappa shape index (κ3) is 3.71. The van der Waals surface area contributed by atoms with Crippen molar-refractivity contribution in [1.29, 1.82) is 0 Å². The average molecular weight is 283 g/mol. The van der Waals surface area contributed by atoms with Crippen molar-refractivity contribution in [3.05, 3.63) is 35.4 Å². The second kappa shape index (κ2) is 5.93. The summed E-state index contributed by atoms with van der Waals surface area (Å²) in [5, 5.41) is 14.7. The summed E-state index contributed by atoms with van der Waals surface area (Å²) in [7, 11) is 0. The van der Waals surface area contributed by atoms with Crippen molar-refractivity contribution in [2.24, 2.45) is 0 Å². The number of halogens is 1. The third-order valence-electron chi connectivity index (χ3n) is 3.65. The Hall–Kier alpha value is -1.06. The van der Waals surface area contributed by atoms with Gasteiger partial charge in [-0.1, -0.05) is 24.3 Å². The van der Waals surface area contributed by atoms with Crippen LogP contribution in [-0.4, -0.2) is 17.6 Å². The van der Waals surface area contributed by atoms with E-state index in [-0.39, 0.29) is 23.9 Å². The van der Waals surface area contributed by atoms with Crippen LogP contribution in [0, 0.1) is 0 Å². The number of carbonyl (C=O) groups excluding carboxylic acids is 1. The van der Waals surface area contributed by atoms with Gasteiger partial charge < -0.3 is 15.2 Å². The van der Waals surface area contributed by atoms with E-state index in [9.17, 15) is 9.90 Å². The molecule has 0 amide bonds. The van der Waals surface area contributed by atoms with Crippen LogP contribution in [0.3, 0.4) is 0 Å². The minimum absolute atomic E-state index is 0. The van der Waals surface area contributed by atoms with E-state index in [2.05, 4.69) is 26.1 Å². The van der Waals surface area contributed by atoms with Crippen molar-refractivity contribution < 1.29 is 9.90 Å². The lowest BCUT2D eigenvalue weighted by molar-refractivity contribution is -0.255. The van der Waals surface area contributed by atoms with Crippen molar-refractivity contribution in [2.75, 3.05) is 0 Å². The quantitative estimate of drug-likeness (QED) is 0.904. The largest absolute Gasteiger partial charge is 0.545 e. The number of nitrogens with one attached hydrogen (secondary N) is 1. The summed E-state index contributed by atoms with van der Waals surface area (Å²) in [6.07, 6.45) is 1.91. The first-order valence-corrected chi connectivity index (χ1v) is 6.47. The summed E-state index contributed by atoms with van der Waals surface area (Å²) < 4.78 is 0. The monoisotopic (exact) mass is 282 g/mol. The van der Waals surface area contributed by atoms with Crippen LogP contribution in [0.1, 0.15) is 55.5 Å². The van der Waals surface area contributed by atoms with Gasteiger partial charge in [0.15, 0.2) is 0 Å². The van der Waals surface area contributed by atoms with Crippen molar-refractivity contribution >= 4 is 18.4 Å². The van der Waals surface area contributed by atoms with Crippen molar-refractivity contribution in [2.45, 2.75) is 51.1 Å². The van der Waals surface area contributed by atoms with Gasteiger partial charge in [0.1, 0.15) is 0 Å². The predicted molar refractivity (Wildman–Crippen MR) is 76.7 cm³/mol. The van der Waals surface area contributed by atoms with Crippen LogP contribution < -0.4 is 10.4 Å². The molecule has 1 fully saturated rings. The molecule has 106 valence electrons. The van der Waals surface area contributed by atoms with E-state index in [1.54, 1.807) is 12.1 Å². The molecule has 19 heavy (non-hydrogen) atoms. The van der Waals surface area contributed by atoms with Gasteiger partial charge in [0, 0.05) is 17.1 Å². The van der Waals surface area contributed by atoms with Crippen LogP contribution in [-0.2, 0) is 0 Å². The third-order valence-corrected chi connectivity index (χ3v) is 3.65. The zero-order valence-electron chi connectivity index (χ0n) is 11.6. The second-order valence-electron chi connectivity index (χ2n) is 5.94. The Morgan fingerprint density at radius 1 is 1.37 bits per heavy atom. The molecule has 2 atom stereocenters. The van der Waals surface area contributed by atoms with Crippen LogP contribution in [0.4, 0.5) is 0 Å². The molecule has 1 aromatic rings. The summed E-state index contributed by atoms with van der Waals surface area (Å²) in [6, 6.07) is 7.62. The van der Waals surface area contributed by atoms with E-state index in [1.165, 1.54) is 0 Å². The molecular weight excluding hydrogens is 262 g/mol. The Bertz CT molecular complexity index is 459. The van der Waals surface area contributed by atoms with E-state index >= 15 is 0 Å². The normalized spacial score (nSPS) is 25.4. The fourth-order valence-corrected chi connectivity index (χ4v) is 3.19. The Balaban J connectivity index is 0.00000180. The lowest BCUT2D eigenvalue weighted by atomic mass is 9.77. The fourth-order valence-electron chi connectivity index (χ4n) is 3.19. The van der Waals surface area contributed by atoms with Gasteiger partial charge in [-0.3, -0.25) is 0 Å². The van der Waals surface area contributed by atoms with E-state index in [4.69, 9.17) is 0 Å². The molecule has 0 radical (unpaired) electrons. The predicted octanol–water partition coefficient (Wildman–Crippen LogP) is 2.11.